The van der Waals surface area contributed by atoms with E-state index in [0.29, 0.717) is 19.6 Å². The molecule has 0 aliphatic carbocycles. The van der Waals surface area contributed by atoms with Crippen molar-refractivity contribution in [1.29, 1.82) is 0 Å². The zero-order chi connectivity index (χ0) is 14.8. The molecule has 118 valence electrons. The van der Waals surface area contributed by atoms with E-state index < -0.39 is 6.36 Å². The van der Waals surface area contributed by atoms with Gasteiger partial charge in [0.15, 0.2) is 0 Å². The van der Waals surface area contributed by atoms with Gasteiger partial charge in [0, 0.05) is 26.7 Å². The monoisotopic (exact) mass is 324 g/mol. The van der Waals surface area contributed by atoms with Gasteiger partial charge in [-0.25, -0.2) is 0 Å². The minimum Gasteiger partial charge on any atom is -0.406 e. The summed E-state index contributed by atoms with van der Waals surface area (Å²) in [6.07, 6.45) is -4.69. The van der Waals surface area contributed by atoms with E-state index in [1.165, 1.54) is 24.3 Å². The van der Waals surface area contributed by atoms with Crippen molar-refractivity contribution in [1.82, 2.24) is 10.2 Å². The van der Waals surface area contributed by atoms with E-state index >= 15 is 0 Å². The van der Waals surface area contributed by atoms with Crippen molar-refractivity contribution in [3.8, 4) is 5.75 Å². The first kappa shape index (κ1) is 17.6. The molecule has 0 saturated carbocycles. The molecule has 4 nitrogen and oxygen atoms in total. The summed E-state index contributed by atoms with van der Waals surface area (Å²) >= 11 is 0. The van der Waals surface area contributed by atoms with E-state index in [2.05, 4.69) is 10.1 Å². The zero-order valence-corrected chi connectivity index (χ0v) is 12.1. The fourth-order valence-corrected chi connectivity index (χ4v) is 1.92. The second-order valence-electron chi connectivity index (χ2n) is 4.74. The molecule has 1 aliphatic heterocycles. The number of hydrogen-bond acceptors (Lipinski definition) is 3. The molecule has 1 amide bonds. The minimum absolute atomic E-state index is 0. The number of amides is 1. The van der Waals surface area contributed by atoms with Crippen LogP contribution >= 0.6 is 12.4 Å². The van der Waals surface area contributed by atoms with Crippen LogP contribution in [0.25, 0.3) is 0 Å². The van der Waals surface area contributed by atoms with Crippen LogP contribution in [-0.4, -0.2) is 37.3 Å². The number of ether oxygens (including phenoxy) is 1. The first-order valence-electron chi connectivity index (χ1n) is 6.15. The predicted molar refractivity (Wildman–Crippen MR) is 73.2 cm³/mol. The lowest BCUT2D eigenvalue weighted by atomic mass is 10.0. The highest BCUT2D eigenvalue weighted by Gasteiger charge is 2.31. The molecule has 0 radical (unpaired) electrons. The molecule has 21 heavy (non-hydrogen) atoms. The third kappa shape index (κ3) is 5.09. The van der Waals surface area contributed by atoms with Gasteiger partial charge in [0.2, 0.25) is 5.91 Å². The van der Waals surface area contributed by atoms with Gasteiger partial charge in [-0.1, -0.05) is 12.1 Å². The Hall–Kier alpha value is -1.47. The topological polar surface area (TPSA) is 41.6 Å². The average molecular weight is 325 g/mol. The molecule has 0 bridgehead atoms. The van der Waals surface area contributed by atoms with Crippen LogP contribution in [-0.2, 0) is 11.3 Å². The molecule has 1 saturated heterocycles. The van der Waals surface area contributed by atoms with Crippen LogP contribution in [0.15, 0.2) is 24.3 Å². The third-order valence-corrected chi connectivity index (χ3v) is 3.08. The Labute approximate surface area is 126 Å². The van der Waals surface area contributed by atoms with Gasteiger partial charge in [-0.3, -0.25) is 4.79 Å². The van der Waals surface area contributed by atoms with Crippen molar-refractivity contribution >= 4 is 18.3 Å². The summed E-state index contributed by atoms with van der Waals surface area (Å²) in [5, 5.41) is 3.02. The molecule has 1 N–H and O–H groups in total. The number of halogens is 4. The van der Waals surface area contributed by atoms with E-state index in [4.69, 9.17) is 0 Å². The van der Waals surface area contributed by atoms with Gasteiger partial charge in [0.1, 0.15) is 5.75 Å². The standard InChI is InChI=1S/C13H15F3N2O2.ClH/c1-18(12(19)10-6-17-7-10)8-9-2-4-11(5-3-9)20-13(14,15)16;/h2-5,10,17H,6-8H2,1H3;1H. The third-order valence-electron chi connectivity index (χ3n) is 3.08. The van der Waals surface area contributed by atoms with Crippen LogP contribution < -0.4 is 10.1 Å². The molecule has 0 spiro atoms. The minimum atomic E-state index is -4.69. The lowest BCUT2D eigenvalue weighted by Crippen LogP contribution is -2.50. The maximum Gasteiger partial charge on any atom is 0.573 e. The largest absolute Gasteiger partial charge is 0.573 e. The van der Waals surface area contributed by atoms with Gasteiger partial charge in [-0.15, -0.1) is 25.6 Å². The highest BCUT2D eigenvalue weighted by molar-refractivity contribution is 5.85. The summed E-state index contributed by atoms with van der Waals surface area (Å²) in [5.74, 6) is -0.217. The van der Waals surface area contributed by atoms with Crippen molar-refractivity contribution in [2.75, 3.05) is 20.1 Å². The van der Waals surface area contributed by atoms with Crippen LogP contribution in [0.4, 0.5) is 13.2 Å². The quantitative estimate of drug-likeness (QED) is 0.923. The van der Waals surface area contributed by atoms with Crippen molar-refractivity contribution in [3.63, 3.8) is 0 Å². The number of carbonyl (C=O) groups excluding carboxylic acids is 1. The van der Waals surface area contributed by atoms with Crippen LogP contribution in [0, 0.1) is 5.92 Å². The first-order chi connectivity index (χ1) is 9.35. The van der Waals surface area contributed by atoms with Crippen LogP contribution in [0.2, 0.25) is 0 Å². The summed E-state index contributed by atoms with van der Waals surface area (Å²) in [4.78, 5) is 13.5. The highest BCUT2D eigenvalue weighted by atomic mass is 35.5. The summed E-state index contributed by atoms with van der Waals surface area (Å²) in [7, 11) is 1.68. The van der Waals surface area contributed by atoms with Gasteiger partial charge in [0.25, 0.3) is 0 Å². The normalized spacial score (nSPS) is 14.9. The van der Waals surface area contributed by atoms with E-state index in [1.807, 2.05) is 0 Å². The van der Waals surface area contributed by atoms with Crippen LogP contribution in [0.1, 0.15) is 5.56 Å². The van der Waals surface area contributed by atoms with Crippen LogP contribution in [0.5, 0.6) is 5.75 Å². The molecule has 1 aromatic carbocycles. The first-order valence-corrected chi connectivity index (χ1v) is 6.15. The Kier molecular flexibility index (Phi) is 5.86. The molecule has 2 rings (SSSR count). The van der Waals surface area contributed by atoms with E-state index in [0.717, 1.165) is 5.56 Å². The van der Waals surface area contributed by atoms with E-state index in [1.54, 1.807) is 11.9 Å². The van der Waals surface area contributed by atoms with Crippen LogP contribution in [0.3, 0.4) is 0 Å². The number of hydrogen-bond donors (Lipinski definition) is 1. The van der Waals surface area contributed by atoms with Gasteiger partial charge in [-0.05, 0) is 17.7 Å². The molecule has 0 unspecified atom stereocenters. The molecule has 1 aliphatic rings. The number of rotatable bonds is 4. The van der Waals surface area contributed by atoms with Gasteiger partial charge >= 0.3 is 6.36 Å². The van der Waals surface area contributed by atoms with Gasteiger partial charge in [-0.2, -0.15) is 0 Å². The average Bonchev–Trinajstić information content (AvgIpc) is 2.27. The van der Waals surface area contributed by atoms with Crippen molar-refractivity contribution in [2.45, 2.75) is 12.9 Å². The Morgan fingerprint density at radius 3 is 2.33 bits per heavy atom. The maximum atomic E-state index is 12.0. The number of benzene rings is 1. The van der Waals surface area contributed by atoms with Gasteiger partial charge in [0.05, 0.1) is 5.92 Å². The second kappa shape index (κ2) is 7.00. The Balaban J connectivity index is 0.00000220. The molecule has 1 heterocycles. The molecule has 0 aromatic heterocycles. The fourth-order valence-electron chi connectivity index (χ4n) is 1.92. The highest BCUT2D eigenvalue weighted by Crippen LogP contribution is 2.23. The molecular formula is C13H16ClF3N2O2. The Morgan fingerprint density at radius 2 is 1.90 bits per heavy atom. The number of nitrogens with one attached hydrogen (secondary N) is 1. The van der Waals surface area contributed by atoms with Crippen molar-refractivity contribution in [3.05, 3.63) is 29.8 Å². The molecule has 1 fully saturated rings. The molecule has 1 aromatic rings. The summed E-state index contributed by atoms with van der Waals surface area (Å²) in [6.45, 7) is 1.73. The summed E-state index contributed by atoms with van der Waals surface area (Å²) in [6, 6.07) is 5.52. The number of alkyl halides is 3. The van der Waals surface area contributed by atoms with E-state index in [9.17, 15) is 18.0 Å². The number of nitrogens with zero attached hydrogens (tertiary/aromatic N) is 1. The Morgan fingerprint density at radius 1 is 1.33 bits per heavy atom. The zero-order valence-electron chi connectivity index (χ0n) is 11.3. The molecule has 0 atom stereocenters. The van der Waals surface area contributed by atoms with Crippen molar-refractivity contribution in [2.24, 2.45) is 5.92 Å². The Bertz CT molecular complexity index is 475. The predicted octanol–water partition coefficient (Wildman–Crippen LogP) is 2.18. The fraction of sp³-hybridized carbons (Fsp3) is 0.462. The molecular weight excluding hydrogens is 309 g/mol. The summed E-state index contributed by atoms with van der Waals surface area (Å²) in [5.41, 5.74) is 0.752. The lowest BCUT2D eigenvalue weighted by Gasteiger charge is -2.30. The maximum absolute atomic E-state index is 12.0. The van der Waals surface area contributed by atoms with Gasteiger partial charge < -0.3 is 15.0 Å². The lowest BCUT2D eigenvalue weighted by molar-refractivity contribution is -0.274. The smallest absolute Gasteiger partial charge is 0.406 e. The number of carbonyl (C=O) groups is 1. The second-order valence-corrected chi connectivity index (χ2v) is 4.74. The molecule has 8 heteroatoms. The SMILES string of the molecule is CN(Cc1ccc(OC(F)(F)F)cc1)C(=O)C1CNC1.Cl. The summed E-state index contributed by atoms with van der Waals surface area (Å²) < 4.78 is 39.8. The van der Waals surface area contributed by atoms with E-state index in [-0.39, 0.29) is 30.0 Å². The van der Waals surface area contributed by atoms with Crippen molar-refractivity contribution < 1.29 is 22.7 Å².